The average molecular weight is 246 g/mol. The van der Waals surface area contributed by atoms with Crippen LogP contribution in [0.5, 0.6) is 0 Å². The van der Waals surface area contributed by atoms with Gasteiger partial charge in [-0.2, -0.15) is 0 Å². The van der Waals surface area contributed by atoms with Gasteiger partial charge >= 0.3 is 5.97 Å². The second-order valence-corrected chi connectivity index (χ2v) is 3.57. The zero-order chi connectivity index (χ0) is 13.4. The fraction of sp³-hybridized carbons (Fsp3) is 0.231. The monoisotopic (exact) mass is 246 g/mol. The number of nitrogens with one attached hydrogen (secondary N) is 1. The highest BCUT2D eigenvalue weighted by atomic mass is 16.4. The van der Waals surface area contributed by atoms with E-state index in [1.165, 1.54) is 4.90 Å². The van der Waals surface area contributed by atoms with Crippen molar-refractivity contribution in [3.8, 4) is 12.3 Å². The number of carboxylic acids is 1. The van der Waals surface area contributed by atoms with E-state index in [1.54, 1.807) is 24.3 Å². The summed E-state index contributed by atoms with van der Waals surface area (Å²) in [5, 5.41) is 11.3. The number of aliphatic carboxylic acids is 1. The van der Waals surface area contributed by atoms with Gasteiger partial charge in [0.1, 0.15) is 6.54 Å². The minimum Gasteiger partial charge on any atom is -0.480 e. The van der Waals surface area contributed by atoms with E-state index in [-0.39, 0.29) is 25.5 Å². The van der Waals surface area contributed by atoms with Gasteiger partial charge in [0.05, 0.1) is 13.1 Å². The lowest BCUT2D eigenvalue weighted by atomic mass is 10.3. The Morgan fingerprint density at radius 3 is 2.50 bits per heavy atom. The van der Waals surface area contributed by atoms with Crippen LogP contribution in [0, 0.1) is 12.3 Å². The first kappa shape index (κ1) is 13.6. The third-order valence-corrected chi connectivity index (χ3v) is 2.17. The van der Waals surface area contributed by atoms with Crippen LogP contribution in [0.1, 0.15) is 0 Å². The molecule has 0 atom stereocenters. The van der Waals surface area contributed by atoms with Gasteiger partial charge < -0.3 is 15.3 Å². The predicted octanol–water partition coefficient (Wildman–Crippen LogP) is 0.327. The van der Waals surface area contributed by atoms with E-state index in [0.29, 0.717) is 5.69 Å². The summed E-state index contributed by atoms with van der Waals surface area (Å²) in [4.78, 5) is 23.8. The average Bonchev–Trinajstić information content (AvgIpc) is 2.36. The second kappa shape index (κ2) is 6.97. The summed E-state index contributed by atoms with van der Waals surface area (Å²) in [7, 11) is 0. The van der Waals surface area contributed by atoms with Crippen LogP contribution in [0.25, 0.3) is 0 Å². The van der Waals surface area contributed by atoms with Crippen molar-refractivity contribution in [2.75, 3.05) is 24.5 Å². The standard InChI is InChI=1S/C13H14N2O3/c1-2-8-14-12(16)9-15(10-13(17)18)11-6-4-3-5-7-11/h1,3-7H,8-10H2,(H,14,16)(H,17,18). The highest BCUT2D eigenvalue weighted by Gasteiger charge is 2.13. The number of carbonyl (C=O) groups excluding carboxylic acids is 1. The molecular formula is C13H14N2O3. The maximum absolute atomic E-state index is 11.5. The summed E-state index contributed by atoms with van der Waals surface area (Å²) in [5.74, 6) is 0.982. The third kappa shape index (κ3) is 4.58. The van der Waals surface area contributed by atoms with Gasteiger partial charge in [-0.25, -0.2) is 0 Å². The highest BCUT2D eigenvalue weighted by Crippen LogP contribution is 2.12. The molecule has 0 saturated heterocycles. The molecule has 94 valence electrons. The summed E-state index contributed by atoms with van der Waals surface area (Å²) in [6.45, 7) is -0.153. The minimum absolute atomic E-state index is 0.0437. The molecule has 0 bridgehead atoms. The van der Waals surface area contributed by atoms with Crippen LogP contribution in [-0.2, 0) is 9.59 Å². The fourth-order valence-electron chi connectivity index (χ4n) is 1.42. The Balaban J connectivity index is 2.71. The van der Waals surface area contributed by atoms with Gasteiger partial charge in [0.25, 0.3) is 0 Å². The summed E-state index contributed by atoms with van der Waals surface area (Å²) >= 11 is 0. The molecule has 1 aromatic carbocycles. The molecule has 0 radical (unpaired) electrons. The lowest BCUT2D eigenvalue weighted by Gasteiger charge is -2.21. The van der Waals surface area contributed by atoms with E-state index in [4.69, 9.17) is 11.5 Å². The van der Waals surface area contributed by atoms with Crippen molar-refractivity contribution in [1.29, 1.82) is 0 Å². The zero-order valence-electron chi connectivity index (χ0n) is 9.80. The molecule has 5 nitrogen and oxygen atoms in total. The molecule has 0 saturated carbocycles. The van der Waals surface area contributed by atoms with Crippen LogP contribution in [0.3, 0.4) is 0 Å². The van der Waals surface area contributed by atoms with Crippen molar-refractivity contribution >= 4 is 17.6 Å². The van der Waals surface area contributed by atoms with Crippen molar-refractivity contribution in [3.05, 3.63) is 30.3 Å². The van der Waals surface area contributed by atoms with Crippen LogP contribution in [-0.4, -0.2) is 36.6 Å². The Kier molecular flexibility index (Phi) is 5.26. The van der Waals surface area contributed by atoms with Crippen LogP contribution in [0.2, 0.25) is 0 Å². The molecule has 0 aromatic heterocycles. The van der Waals surface area contributed by atoms with E-state index >= 15 is 0 Å². The van der Waals surface area contributed by atoms with E-state index in [2.05, 4.69) is 11.2 Å². The molecule has 1 aromatic rings. The summed E-state index contributed by atoms with van der Waals surface area (Å²) in [5.41, 5.74) is 0.677. The van der Waals surface area contributed by atoms with Gasteiger partial charge in [-0.3, -0.25) is 9.59 Å². The molecule has 0 unspecified atom stereocenters. The molecule has 18 heavy (non-hydrogen) atoms. The molecule has 2 N–H and O–H groups in total. The molecule has 0 aliphatic heterocycles. The largest absolute Gasteiger partial charge is 0.480 e. The number of hydrogen-bond donors (Lipinski definition) is 2. The third-order valence-electron chi connectivity index (χ3n) is 2.17. The predicted molar refractivity (Wildman–Crippen MR) is 68.1 cm³/mol. The molecule has 1 rings (SSSR count). The molecule has 1 amide bonds. The first-order chi connectivity index (χ1) is 8.63. The SMILES string of the molecule is C#CCNC(=O)CN(CC(=O)O)c1ccccc1. The van der Waals surface area contributed by atoms with Crippen LogP contribution in [0.4, 0.5) is 5.69 Å². The molecule has 0 aliphatic carbocycles. The summed E-state index contributed by atoms with van der Waals surface area (Å²) in [6.07, 6.45) is 5.03. The van der Waals surface area contributed by atoms with Crippen LogP contribution in [0.15, 0.2) is 30.3 Å². The smallest absolute Gasteiger partial charge is 0.323 e. The second-order valence-electron chi connectivity index (χ2n) is 3.57. The number of carbonyl (C=O) groups is 2. The molecule has 0 fully saturated rings. The van der Waals surface area contributed by atoms with Gasteiger partial charge in [-0.15, -0.1) is 6.42 Å². The normalized spacial score (nSPS) is 9.28. The highest BCUT2D eigenvalue weighted by molar-refractivity contribution is 5.84. The van der Waals surface area contributed by atoms with Crippen LogP contribution < -0.4 is 10.2 Å². The van der Waals surface area contributed by atoms with Crippen molar-refractivity contribution in [2.24, 2.45) is 0 Å². The molecule has 0 spiro atoms. The van der Waals surface area contributed by atoms with Gasteiger partial charge in [0.2, 0.25) is 5.91 Å². The van der Waals surface area contributed by atoms with E-state index in [1.807, 2.05) is 6.07 Å². The van der Waals surface area contributed by atoms with E-state index < -0.39 is 5.97 Å². The Labute approximate surface area is 105 Å². The Morgan fingerprint density at radius 2 is 1.94 bits per heavy atom. The first-order valence-electron chi connectivity index (χ1n) is 5.35. The lowest BCUT2D eigenvalue weighted by Crippen LogP contribution is -2.40. The number of rotatable bonds is 6. The number of para-hydroxylation sites is 1. The number of terminal acetylenes is 1. The van der Waals surface area contributed by atoms with Crippen molar-refractivity contribution in [2.45, 2.75) is 0 Å². The number of anilines is 1. The van der Waals surface area contributed by atoms with E-state index in [0.717, 1.165) is 0 Å². The topological polar surface area (TPSA) is 69.6 Å². The summed E-state index contributed by atoms with van der Waals surface area (Å²) < 4.78 is 0. The van der Waals surface area contributed by atoms with Gasteiger partial charge in [-0.1, -0.05) is 24.1 Å². The van der Waals surface area contributed by atoms with Crippen molar-refractivity contribution in [3.63, 3.8) is 0 Å². The van der Waals surface area contributed by atoms with Crippen molar-refractivity contribution in [1.82, 2.24) is 5.32 Å². The molecular weight excluding hydrogens is 232 g/mol. The number of amides is 1. The first-order valence-corrected chi connectivity index (χ1v) is 5.35. The number of carboxylic acid groups (broad SMARTS) is 1. The summed E-state index contributed by atoms with van der Waals surface area (Å²) in [6, 6.07) is 8.88. The zero-order valence-corrected chi connectivity index (χ0v) is 9.80. The Hall–Kier alpha value is -2.48. The van der Waals surface area contributed by atoms with E-state index in [9.17, 15) is 9.59 Å². The Bertz CT molecular complexity index is 451. The lowest BCUT2D eigenvalue weighted by molar-refractivity contribution is -0.135. The van der Waals surface area contributed by atoms with Crippen molar-refractivity contribution < 1.29 is 14.7 Å². The van der Waals surface area contributed by atoms with Gasteiger partial charge in [0.15, 0.2) is 0 Å². The van der Waals surface area contributed by atoms with Gasteiger partial charge in [0, 0.05) is 5.69 Å². The number of hydrogen-bond acceptors (Lipinski definition) is 3. The van der Waals surface area contributed by atoms with Crippen LogP contribution >= 0.6 is 0 Å². The minimum atomic E-state index is -0.997. The molecule has 0 aliphatic rings. The number of nitrogens with zero attached hydrogens (tertiary/aromatic N) is 1. The molecule has 0 heterocycles. The maximum atomic E-state index is 11.5. The Morgan fingerprint density at radius 1 is 1.28 bits per heavy atom. The quantitative estimate of drug-likeness (QED) is 0.710. The molecule has 5 heteroatoms. The maximum Gasteiger partial charge on any atom is 0.323 e. The fourth-order valence-corrected chi connectivity index (χ4v) is 1.42. The van der Waals surface area contributed by atoms with Gasteiger partial charge in [-0.05, 0) is 12.1 Å². The number of benzene rings is 1.